The van der Waals surface area contributed by atoms with E-state index in [-0.39, 0.29) is 29.7 Å². The van der Waals surface area contributed by atoms with E-state index in [4.69, 9.17) is 9.47 Å². The summed E-state index contributed by atoms with van der Waals surface area (Å²) in [4.78, 5) is 37.2. The summed E-state index contributed by atoms with van der Waals surface area (Å²) in [5.41, 5.74) is -2.69. The Kier molecular flexibility index (Phi) is 3.04. The largest absolute Gasteiger partial charge is 0.481 e. The zero-order valence-corrected chi connectivity index (χ0v) is 16.0. The van der Waals surface area contributed by atoms with Crippen molar-refractivity contribution in [2.75, 3.05) is 0 Å². The molecule has 8 atom stereocenters. The molecular formula is C21H26O6. The van der Waals surface area contributed by atoms with Gasteiger partial charge < -0.3 is 14.6 Å². The second-order valence-electron chi connectivity index (χ2n) is 9.79. The van der Waals surface area contributed by atoms with Crippen molar-refractivity contribution in [2.45, 2.75) is 64.1 Å². The van der Waals surface area contributed by atoms with E-state index in [1.807, 2.05) is 19.1 Å². The van der Waals surface area contributed by atoms with Crippen molar-refractivity contribution in [3.63, 3.8) is 0 Å². The first kappa shape index (κ1) is 17.3. The molecule has 1 saturated heterocycles. The van der Waals surface area contributed by atoms with Gasteiger partial charge in [-0.2, -0.15) is 0 Å². The molecule has 6 nitrogen and oxygen atoms in total. The summed E-state index contributed by atoms with van der Waals surface area (Å²) in [6.45, 7) is 5.33. The van der Waals surface area contributed by atoms with Crippen molar-refractivity contribution in [3.05, 3.63) is 12.2 Å². The minimum atomic E-state index is -0.886. The van der Waals surface area contributed by atoms with Gasteiger partial charge in [-0.25, -0.2) is 0 Å². The van der Waals surface area contributed by atoms with Gasteiger partial charge in [0.25, 0.3) is 0 Å². The lowest BCUT2D eigenvalue weighted by Gasteiger charge is -2.46. The van der Waals surface area contributed by atoms with E-state index in [0.29, 0.717) is 25.7 Å². The number of aliphatic carboxylic acids is 1. The van der Waals surface area contributed by atoms with Gasteiger partial charge in [0.2, 0.25) is 0 Å². The molecule has 0 aromatic rings. The van der Waals surface area contributed by atoms with Crippen LogP contribution in [0.1, 0.15) is 52.9 Å². The van der Waals surface area contributed by atoms with Gasteiger partial charge in [-0.1, -0.05) is 19.1 Å². The van der Waals surface area contributed by atoms with E-state index in [0.717, 1.165) is 6.42 Å². The molecule has 0 amide bonds. The van der Waals surface area contributed by atoms with Crippen LogP contribution in [0.3, 0.4) is 0 Å². The molecule has 1 heterocycles. The summed E-state index contributed by atoms with van der Waals surface area (Å²) < 4.78 is 11.9. The van der Waals surface area contributed by atoms with Gasteiger partial charge in [0.1, 0.15) is 11.2 Å². The lowest BCUT2D eigenvalue weighted by molar-refractivity contribution is -0.172. The third-order valence-electron chi connectivity index (χ3n) is 8.71. The van der Waals surface area contributed by atoms with Crippen LogP contribution < -0.4 is 0 Å². The molecule has 4 bridgehead atoms. The average Bonchev–Trinajstić information content (AvgIpc) is 2.96. The molecule has 0 aromatic carbocycles. The van der Waals surface area contributed by atoms with Crippen LogP contribution in [0.15, 0.2) is 12.2 Å². The zero-order chi connectivity index (χ0) is 19.4. The molecule has 1 aliphatic heterocycles. The summed E-state index contributed by atoms with van der Waals surface area (Å²) in [7, 11) is 0. The predicted molar refractivity (Wildman–Crippen MR) is 93.4 cm³/mol. The zero-order valence-electron chi connectivity index (χ0n) is 16.0. The highest BCUT2D eigenvalue weighted by Crippen LogP contribution is 2.78. The monoisotopic (exact) mass is 374 g/mol. The van der Waals surface area contributed by atoms with Crippen LogP contribution in [0.4, 0.5) is 0 Å². The van der Waals surface area contributed by atoms with Crippen molar-refractivity contribution < 1.29 is 29.0 Å². The molecule has 0 radical (unpaired) electrons. The lowest BCUT2D eigenvalue weighted by atomic mass is 9.62. The molecule has 146 valence electrons. The molecule has 1 spiro atoms. The molecule has 1 N–H and O–H groups in total. The van der Waals surface area contributed by atoms with Crippen LogP contribution in [0.2, 0.25) is 0 Å². The van der Waals surface area contributed by atoms with Crippen molar-refractivity contribution in [1.29, 1.82) is 0 Å². The lowest BCUT2D eigenvalue weighted by Crippen LogP contribution is -2.49. The molecule has 4 fully saturated rings. The number of fused-ring (bicyclic) bond motifs is 1. The maximum Gasteiger partial charge on any atom is 0.316 e. The SMILES string of the molecule is CC(=O)O[C@]12CC[C@@H]3[C@](CC1C)(C2)[C@@H](C(=O)O)[C@H]1[C@@]32CC=C[C@]1(C)C(=O)O2. The topological polar surface area (TPSA) is 89.9 Å². The van der Waals surface area contributed by atoms with E-state index < -0.39 is 33.9 Å². The number of carboxylic acids is 1. The van der Waals surface area contributed by atoms with Gasteiger partial charge in [-0.3, -0.25) is 14.4 Å². The number of rotatable bonds is 2. The summed E-state index contributed by atoms with van der Waals surface area (Å²) in [5.74, 6) is -2.36. The normalized spacial score (nSPS) is 54.3. The smallest absolute Gasteiger partial charge is 0.316 e. The van der Waals surface area contributed by atoms with E-state index >= 15 is 0 Å². The standard InChI is InChI=1S/C21H26O6/c1-11-9-19-10-20(11,26-12(2)22)8-5-13(19)21-7-4-6-18(3,17(25)27-21)15(21)14(19)16(23)24/h4,6,11,13-15H,5,7-10H2,1-3H3,(H,23,24)/t11?,13-,14-,15-,18+,19+,20+,21-/m1/s1. The minimum Gasteiger partial charge on any atom is -0.481 e. The molecule has 0 aromatic heterocycles. The fraction of sp³-hybridized carbons (Fsp3) is 0.762. The third kappa shape index (κ3) is 1.71. The summed E-state index contributed by atoms with van der Waals surface area (Å²) in [6, 6.07) is 0. The summed E-state index contributed by atoms with van der Waals surface area (Å²) in [6.07, 6.45) is 7.17. The number of carboxylic acid groups (broad SMARTS) is 1. The highest BCUT2D eigenvalue weighted by Gasteiger charge is 2.83. The number of hydrogen-bond acceptors (Lipinski definition) is 5. The number of esters is 2. The molecule has 6 heteroatoms. The molecule has 5 rings (SSSR count). The second kappa shape index (κ2) is 4.76. The Morgan fingerprint density at radius 3 is 2.78 bits per heavy atom. The van der Waals surface area contributed by atoms with Crippen molar-refractivity contribution >= 4 is 17.9 Å². The highest BCUT2D eigenvalue weighted by atomic mass is 16.6. The van der Waals surface area contributed by atoms with E-state index in [2.05, 4.69) is 6.92 Å². The first-order valence-corrected chi connectivity index (χ1v) is 9.95. The molecule has 1 unspecified atom stereocenters. The fourth-order valence-corrected chi connectivity index (χ4v) is 8.08. The number of ether oxygens (including phenoxy) is 2. The number of carbonyl (C=O) groups excluding carboxylic acids is 2. The number of carbonyl (C=O) groups is 3. The molecule has 27 heavy (non-hydrogen) atoms. The summed E-state index contributed by atoms with van der Waals surface area (Å²) in [5, 5.41) is 10.3. The van der Waals surface area contributed by atoms with Crippen LogP contribution >= 0.6 is 0 Å². The first-order chi connectivity index (χ1) is 12.6. The Hall–Kier alpha value is -1.85. The van der Waals surface area contributed by atoms with Crippen LogP contribution in [-0.4, -0.2) is 34.2 Å². The molecule has 3 saturated carbocycles. The van der Waals surface area contributed by atoms with Crippen LogP contribution in [0.25, 0.3) is 0 Å². The first-order valence-electron chi connectivity index (χ1n) is 9.95. The van der Waals surface area contributed by atoms with Gasteiger partial charge in [0, 0.05) is 25.2 Å². The average molecular weight is 374 g/mol. The Morgan fingerprint density at radius 1 is 1.37 bits per heavy atom. The Balaban J connectivity index is 1.69. The maximum absolute atomic E-state index is 12.8. The van der Waals surface area contributed by atoms with Crippen molar-refractivity contribution in [1.82, 2.24) is 0 Å². The quantitative estimate of drug-likeness (QED) is 0.590. The van der Waals surface area contributed by atoms with Crippen molar-refractivity contribution in [3.8, 4) is 0 Å². The number of hydrogen-bond donors (Lipinski definition) is 1. The van der Waals surface area contributed by atoms with Gasteiger partial charge in [-0.15, -0.1) is 0 Å². The summed E-state index contributed by atoms with van der Waals surface area (Å²) >= 11 is 0. The highest BCUT2D eigenvalue weighted by molar-refractivity contribution is 5.86. The third-order valence-corrected chi connectivity index (χ3v) is 8.71. The van der Waals surface area contributed by atoms with Gasteiger partial charge in [-0.05, 0) is 43.9 Å². The maximum atomic E-state index is 12.8. The Bertz CT molecular complexity index is 802. The second-order valence-corrected chi connectivity index (χ2v) is 9.79. The minimum absolute atomic E-state index is 0.000424. The molecule has 5 aliphatic rings. The van der Waals surface area contributed by atoms with Gasteiger partial charge in [0.15, 0.2) is 0 Å². The van der Waals surface area contributed by atoms with Crippen LogP contribution in [0, 0.1) is 34.5 Å². The van der Waals surface area contributed by atoms with Gasteiger partial charge >= 0.3 is 17.9 Å². The van der Waals surface area contributed by atoms with Crippen LogP contribution in [-0.2, 0) is 23.9 Å². The van der Waals surface area contributed by atoms with E-state index in [1.54, 1.807) is 0 Å². The van der Waals surface area contributed by atoms with E-state index in [1.165, 1.54) is 6.92 Å². The van der Waals surface area contributed by atoms with Crippen molar-refractivity contribution in [2.24, 2.45) is 34.5 Å². The molecule has 4 aliphatic carbocycles. The predicted octanol–water partition coefficient (Wildman–Crippen LogP) is 2.71. The van der Waals surface area contributed by atoms with E-state index in [9.17, 15) is 19.5 Å². The van der Waals surface area contributed by atoms with Crippen LogP contribution in [0.5, 0.6) is 0 Å². The molecular weight excluding hydrogens is 348 g/mol. The van der Waals surface area contributed by atoms with Gasteiger partial charge in [0.05, 0.1) is 11.3 Å². The fourth-order valence-electron chi connectivity index (χ4n) is 8.08. The Morgan fingerprint density at radius 2 is 2.11 bits per heavy atom. The Labute approximate surface area is 158 Å².